The molecule has 3 rings (SSSR count). The fourth-order valence-electron chi connectivity index (χ4n) is 3.94. The van der Waals surface area contributed by atoms with Gasteiger partial charge in [-0.1, -0.05) is 26.7 Å². The fraction of sp³-hybridized carbons (Fsp3) is 0.700. The van der Waals surface area contributed by atoms with E-state index < -0.39 is 16.0 Å². The lowest BCUT2D eigenvalue weighted by Crippen LogP contribution is -2.38. The van der Waals surface area contributed by atoms with Crippen molar-refractivity contribution >= 4 is 33.2 Å². The first-order valence-electron chi connectivity index (χ1n) is 10.3. The maximum Gasteiger partial charge on any atom is 0.340 e. The summed E-state index contributed by atoms with van der Waals surface area (Å²) in [7, 11) is -2.50. The van der Waals surface area contributed by atoms with Crippen LogP contribution >= 0.6 is 11.3 Å². The highest BCUT2D eigenvalue weighted by atomic mass is 32.2. The first-order valence-corrected chi connectivity index (χ1v) is 12.6. The second kappa shape index (κ2) is 9.14. The molecule has 0 radical (unpaired) electrons. The Morgan fingerprint density at radius 1 is 1.14 bits per heavy atom. The van der Waals surface area contributed by atoms with E-state index in [1.165, 1.54) is 11.4 Å². The molecule has 0 N–H and O–H groups in total. The second-order valence-electron chi connectivity index (χ2n) is 7.80. The molecule has 1 atom stereocenters. The van der Waals surface area contributed by atoms with Gasteiger partial charge in [0.15, 0.2) is 0 Å². The summed E-state index contributed by atoms with van der Waals surface area (Å²) in [5.74, 6) is -0.613. The number of methoxy groups -OCH3 is 1. The number of ether oxygens (including phenoxy) is 1. The van der Waals surface area contributed by atoms with Gasteiger partial charge in [-0.05, 0) is 31.2 Å². The Labute approximate surface area is 177 Å². The van der Waals surface area contributed by atoms with Crippen molar-refractivity contribution < 1.29 is 22.7 Å². The van der Waals surface area contributed by atoms with Crippen molar-refractivity contribution in [2.24, 2.45) is 5.92 Å². The number of amides is 1. The van der Waals surface area contributed by atoms with E-state index in [-0.39, 0.29) is 21.6 Å². The zero-order valence-corrected chi connectivity index (χ0v) is 19.0. The Hall–Kier alpha value is -1.45. The lowest BCUT2D eigenvalue weighted by molar-refractivity contribution is -0.135. The number of carbonyl (C=O) groups is 2. The molecule has 1 fully saturated rings. The molecule has 1 saturated heterocycles. The van der Waals surface area contributed by atoms with Gasteiger partial charge in [-0.3, -0.25) is 4.79 Å². The Morgan fingerprint density at radius 3 is 2.38 bits per heavy atom. The van der Waals surface area contributed by atoms with Crippen LogP contribution in [-0.2, 0) is 32.5 Å². The van der Waals surface area contributed by atoms with Gasteiger partial charge >= 0.3 is 5.97 Å². The smallest absolute Gasteiger partial charge is 0.340 e. The van der Waals surface area contributed by atoms with Crippen molar-refractivity contribution in [3.8, 4) is 0 Å². The summed E-state index contributed by atoms with van der Waals surface area (Å²) in [6.45, 7) is 5.67. The van der Waals surface area contributed by atoms with Crippen LogP contribution in [0.25, 0.3) is 0 Å². The van der Waals surface area contributed by atoms with Crippen LogP contribution < -0.4 is 0 Å². The normalized spacial score (nSPS) is 19.3. The third-order valence-corrected chi connectivity index (χ3v) is 9.51. The average Bonchev–Trinajstić information content (AvgIpc) is 2.90. The third-order valence-electron chi connectivity index (χ3n) is 5.90. The minimum atomic E-state index is -3.78. The monoisotopic (exact) mass is 442 g/mol. The minimum Gasteiger partial charge on any atom is -0.465 e. The van der Waals surface area contributed by atoms with Gasteiger partial charge in [0.2, 0.25) is 5.91 Å². The number of thiophene rings is 1. The van der Waals surface area contributed by atoms with Gasteiger partial charge in [-0.2, -0.15) is 4.31 Å². The quantitative estimate of drug-likeness (QED) is 0.655. The first kappa shape index (κ1) is 22.2. The predicted molar refractivity (Wildman–Crippen MR) is 111 cm³/mol. The van der Waals surface area contributed by atoms with Gasteiger partial charge < -0.3 is 9.64 Å². The molecule has 1 aromatic heterocycles. The van der Waals surface area contributed by atoms with Crippen LogP contribution in [0.5, 0.6) is 0 Å². The summed E-state index contributed by atoms with van der Waals surface area (Å²) < 4.78 is 33.4. The van der Waals surface area contributed by atoms with Crippen LogP contribution in [0.15, 0.2) is 4.21 Å². The van der Waals surface area contributed by atoms with E-state index in [9.17, 15) is 18.0 Å². The minimum absolute atomic E-state index is 0.0723. The summed E-state index contributed by atoms with van der Waals surface area (Å²) in [6, 6.07) is 0. The predicted octanol–water partition coefficient (Wildman–Crippen LogP) is 3.03. The van der Waals surface area contributed by atoms with Gasteiger partial charge in [0.25, 0.3) is 10.0 Å². The number of sulfonamides is 1. The summed E-state index contributed by atoms with van der Waals surface area (Å²) in [5.41, 5.74) is 0.899. The summed E-state index contributed by atoms with van der Waals surface area (Å²) in [5, 5.41) is 0. The zero-order chi connectivity index (χ0) is 21.2. The van der Waals surface area contributed by atoms with E-state index in [1.807, 2.05) is 13.8 Å². The van der Waals surface area contributed by atoms with E-state index >= 15 is 0 Å². The van der Waals surface area contributed by atoms with Crippen LogP contribution in [-0.4, -0.2) is 56.2 Å². The fourth-order valence-corrected chi connectivity index (χ4v) is 7.50. The molecule has 1 aromatic rings. The molecule has 162 valence electrons. The molecule has 2 aliphatic heterocycles. The van der Waals surface area contributed by atoms with Gasteiger partial charge in [0.05, 0.1) is 19.2 Å². The molecule has 29 heavy (non-hydrogen) atoms. The summed E-state index contributed by atoms with van der Waals surface area (Å²) >= 11 is 1.13. The van der Waals surface area contributed by atoms with Gasteiger partial charge in [-0.15, -0.1) is 11.3 Å². The highest BCUT2D eigenvalue weighted by Gasteiger charge is 2.38. The number of esters is 1. The van der Waals surface area contributed by atoms with Crippen molar-refractivity contribution in [3.05, 3.63) is 16.0 Å². The number of nitrogens with zero attached hydrogens (tertiary/aromatic N) is 2. The van der Waals surface area contributed by atoms with E-state index in [1.54, 1.807) is 4.90 Å². The number of hydrogen-bond acceptors (Lipinski definition) is 6. The van der Waals surface area contributed by atoms with Crippen LogP contribution in [0.4, 0.5) is 0 Å². The molecule has 1 amide bonds. The van der Waals surface area contributed by atoms with E-state index in [4.69, 9.17) is 4.74 Å². The SMILES string of the molecule is CC[C@@H](C)C(=O)N1CCc2c(sc(S(=O)(=O)N3CCCCCC3)c2C(=O)OC)C1. The second-order valence-corrected chi connectivity index (χ2v) is 11.0. The van der Waals surface area contributed by atoms with Crippen LogP contribution in [0.1, 0.15) is 66.8 Å². The van der Waals surface area contributed by atoms with E-state index in [0.717, 1.165) is 53.9 Å². The maximum absolute atomic E-state index is 13.4. The van der Waals surface area contributed by atoms with Crippen LogP contribution in [0.3, 0.4) is 0 Å². The van der Waals surface area contributed by atoms with Crippen molar-refractivity contribution in [1.29, 1.82) is 0 Å². The molecule has 0 bridgehead atoms. The Bertz CT molecular complexity index is 870. The molecule has 0 unspecified atom stereocenters. The standard InChI is InChI=1S/C20H30N2O5S2/c1-4-14(2)18(23)21-12-9-15-16(13-21)28-20(17(15)19(24)27-3)29(25,26)22-10-7-5-6-8-11-22/h14H,4-13H2,1-3H3/t14-/m1/s1. The van der Waals surface area contributed by atoms with Crippen LogP contribution in [0, 0.1) is 5.92 Å². The molecular formula is C20H30N2O5S2. The average molecular weight is 443 g/mol. The van der Waals surface area contributed by atoms with Gasteiger partial charge in [0.1, 0.15) is 4.21 Å². The molecule has 3 heterocycles. The Balaban J connectivity index is 2.00. The molecule has 0 aliphatic carbocycles. The summed E-state index contributed by atoms with van der Waals surface area (Å²) in [4.78, 5) is 27.7. The maximum atomic E-state index is 13.4. The van der Waals surface area contributed by atoms with Gasteiger partial charge in [0, 0.05) is 30.4 Å². The number of fused-ring (bicyclic) bond motifs is 1. The van der Waals surface area contributed by atoms with Crippen molar-refractivity contribution in [1.82, 2.24) is 9.21 Å². The van der Waals surface area contributed by atoms with Crippen LogP contribution in [0.2, 0.25) is 0 Å². The van der Waals surface area contributed by atoms with E-state index in [2.05, 4.69) is 0 Å². The van der Waals surface area contributed by atoms with Crippen molar-refractivity contribution in [3.63, 3.8) is 0 Å². The molecule has 0 spiro atoms. The number of hydrogen-bond donors (Lipinski definition) is 0. The van der Waals surface area contributed by atoms with Crippen molar-refractivity contribution in [2.45, 2.75) is 63.1 Å². The topological polar surface area (TPSA) is 84.0 Å². The lowest BCUT2D eigenvalue weighted by atomic mass is 10.0. The summed E-state index contributed by atoms with van der Waals surface area (Å²) in [6.07, 6.45) is 4.92. The Kier molecular flexibility index (Phi) is 7.01. The largest absolute Gasteiger partial charge is 0.465 e. The lowest BCUT2D eigenvalue weighted by Gasteiger charge is -2.29. The molecule has 9 heteroatoms. The van der Waals surface area contributed by atoms with E-state index in [0.29, 0.717) is 32.6 Å². The molecular weight excluding hydrogens is 412 g/mol. The highest BCUT2D eigenvalue weighted by molar-refractivity contribution is 7.91. The zero-order valence-electron chi connectivity index (χ0n) is 17.4. The van der Waals surface area contributed by atoms with Crippen molar-refractivity contribution in [2.75, 3.05) is 26.7 Å². The molecule has 7 nitrogen and oxygen atoms in total. The Morgan fingerprint density at radius 2 is 1.79 bits per heavy atom. The number of carbonyl (C=O) groups excluding carboxylic acids is 2. The molecule has 2 aliphatic rings. The third kappa shape index (κ3) is 4.36. The highest BCUT2D eigenvalue weighted by Crippen LogP contribution is 2.38. The molecule has 0 aromatic carbocycles. The first-order chi connectivity index (χ1) is 13.8. The molecule has 0 saturated carbocycles. The van der Waals surface area contributed by atoms with Gasteiger partial charge in [-0.25, -0.2) is 13.2 Å². The number of rotatable bonds is 5.